The van der Waals surface area contributed by atoms with E-state index in [1.165, 1.54) is 4.90 Å². The molecule has 1 rings (SSSR count). The van der Waals surface area contributed by atoms with Crippen molar-refractivity contribution in [3.63, 3.8) is 0 Å². The summed E-state index contributed by atoms with van der Waals surface area (Å²) >= 11 is 1.91. The number of rotatable bonds is 3. The zero-order chi connectivity index (χ0) is 11.3. The van der Waals surface area contributed by atoms with Gasteiger partial charge < -0.3 is 0 Å². The Balaban J connectivity index is 2.80. The SMILES string of the molecule is CC#CC(Sc1ccccc1)[Si](C)(C)C. The van der Waals surface area contributed by atoms with Gasteiger partial charge in [-0.3, -0.25) is 0 Å². The van der Waals surface area contributed by atoms with Crippen molar-refractivity contribution in [2.24, 2.45) is 0 Å². The van der Waals surface area contributed by atoms with Crippen molar-refractivity contribution < 1.29 is 0 Å². The Kier molecular flexibility index (Phi) is 4.50. The van der Waals surface area contributed by atoms with Crippen LogP contribution in [-0.2, 0) is 0 Å². The summed E-state index contributed by atoms with van der Waals surface area (Å²) in [5, 5.41) is 0. The van der Waals surface area contributed by atoms with Gasteiger partial charge >= 0.3 is 0 Å². The summed E-state index contributed by atoms with van der Waals surface area (Å²) in [6, 6.07) is 10.6. The van der Waals surface area contributed by atoms with Crippen LogP contribution in [0.2, 0.25) is 19.6 Å². The minimum atomic E-state index is -1.20. The Bertz CT molecular complexity index is 354. The van der Waals surface area contributed by atoms with Gasteiger partial charge in [-0.1, -0.05) is 43.8 Å². The van der Waals surface area contributed by atoms with Crippen molar-refractivity contribution in [3.8, 4) is 11.8 Å². The predicted molar refractivity (Wildman–Crippen MR) is 72.9 cm³/mol. The van der Waals surface area contributed by atoms with Crippen LogP contribution in [-0.4, -0.2) is 12.9 Å². The Morgan fingerprint density at radius 3 is 2.20 bits per heavy atom. The van der Waals surface area contributed by atoms with E-state index in [0.717, 1.165) is 0 Å². The molecule has 1 unspecified atom stereocenters. The quantitative estimate of drug-likeness (QED) is 0.432. The molecule has 0 amide bonds. The van der Waals surface area contributed by atoms with Crippen LogP contribution in [0, 0.1) is 11.8 Å². The largest absolute Gasteiger partial charge is 0.113 e. The van der Waals surface area contributed by atoms with E-state index < -0.39 is 8.07 Å². The third-order valence-corrected chi connectivity index (χ3v) is 7.15. The van der Waals surface area contributed by atoms with Crippen LogP contribution in [0.5, 0.6) is 0 Å². The predicted octanol–water partition coefficient (Wildman–Crippen LogP) is 4.05. The summed E-state index contributed by atoms with van der Waals surface area (Å²) in [5.74, 6) is 6.40. The zero-order valence-corrected chi connectivity index (χ0v) is 11.7. The molecule has 0 saturated carbocycles. The molecule has 1 aromatic rings. The van der Waals surface area contributed by atoms with Crippen molar-refractivity contribution in [2.45, 2.75) is 36.3 Å². The molecule has 0 aliphatic rings. The van der Waals surface area contributed by atoms with E-state index in [1.807, 2.05) is 18.7 Å². The summed E-state index contributed by atoms with van der Waals surface area (Å²) in [6.45, 7) is 9.05. The molecule has 0 aliphatic heterocycles. The molecule has 0 N–H and O–H groups in total. The van der Waals surface area contributed by atoms with Gasteiger partial charge in [0, 0.05) is 4.90 Å². The average molecular weight is 234 g/mol. The highest BCUT2D eigenvalue weighted by Crippen LogP contribution is 2.28. The number of benzene rings is 1. The maximum absolute atomic E-state index is 3.35. The van der Waals surface area contributed by atoms with Crippen molar-refractivity contribution in [2.75, 3.05) is 0 Å². The lowest BCUT2D eigenvalue weighted by atomic mass is 10.4. The Hall–Kier alpha value is -0.653. The molecule has 0 nitrogen and oxygen atoms in total. The Morgan fingerprint density at radius 1 is 1.13 bits per heavy atom. The molecule has 0 spiro atoms. The van der Waals surface area contributed by atoms with Crippen molar-refractivity contribution in [1.82, 2.24) is 0 Å². The second-order valence-corrected chi connectivity index (χ2v) is 11.5. The van der Waals surface area contributed by atoms with Gasteiger partial charge in [-0.2, -0.15) is 0 Å². The van der Waals surface area contributed by atoms with E-state index in [-0.39, 0.29) is 0 Å². The van der Waals surface area contributed by atoms with Gasteiger partial charge in [0.1, 0.15) is 0 Å². The second kappa shape index (κ2) is 5.44. The van der Waals surface area contributed by atoms with Crippen molar-refractivity contribution >= 4 is 19.8 Å². The lowest BCUT2D eigenvalue weighted by Gasteiger charge is -2.23. The third kappa shape index (κ3) is 4.15. The fourth-order valence-corrected chi connectivity index (χ4v) is 4.35. The molecule has 0 bridgehead atoms. The lowest BCUT2D eigenvalue weighted by molar-refractivity contribution is 1.42. The molecular formula is C13H18SSi. The topological polar surface area (TPSA) is 0 Å². The fraction of sp³-hybridized carbons (Fsp3) is 0.385. The lowest BCUT2D eigenvalue weighted by Crippen LogP contribution is -2.34. The average Bonchev–Trinajstić information content (AvgIpc) is 2.17. The first-order chi connectivity index (χ1) is 7.04. The highest BCUT2D eigenvalue weighted by Gasteiger charge is 2.25. The molecule has 0 heterocycles. The molecule has 0 aromatic heterocycles. The summed E-state index contributed by atoms with van der Waals surface area (Å²) in [6.07, 6.45) is 0. The maximum Gasteiger partial charge on any atom is 0.0743 e. The Morgan fingerprint density at radius 2 is 1.73 bits per heavy atom. The number of thioether (sulfide) groups is 1. The van der Waals surface area contributed by atoms with Crippen LogP contribution >= 0.6 is 11.8 Å². The first-order valence-corrected chi connectivity index (χ1v) is 9.63. The van der Waals surface area contributed by atoms with Crippen LogP contribution in [0.3, 0.4) is 0 Å². The van der Waals surface area contributed by atoms with E-state index in [1.54, 1.807) is 0 Å². The zero-order valence-electron chi connectivity index (χ0n) is 9.87. The maximum atomic E-state index is 3.35. The monoisotopic (exact) mass is 234 g/mol. The van der Waals surface area contributed by atoms with Crippen LogP contribution in [0.4, 0.5) is 0 Å². The van der Waals surface area contributed by atoms with Gasteiger partial charge in [-0.15, -0.1) is 17.7 Å². The minimum absolute atomic E-state index is 0.491. The third-order valence-electron chi connectivity index (χ3n) is 2.06. The van der Waals surface area contributed by atoms with Gasteiger partial charge in [0.2, 0.25) is 0 Å². The molecule has 0 aliphatic carbocycles. The highest BCUT2D eigenvalue weighted by molar-refractivity contribution is 8.02. The summed E-state index contributed by atoms with van der Waals surface area (Å²) < 4.78 is 0. The van der Waals surface area contributed by atoms with E-state index in [0.29, 0.717) is 4.87 Å². The van der Waals surface area contributed by atoms with Crippen molar-refractivity contribution in [1.29, 1.82) is 0 Å². The molecule has 2 heteroatoms. The molecule has 15 heavy (non-hydrogen) atoms. The van der Waals surface area contributed by atoms with Crippen LogP contribution < -0.4 is 0 Å². The smallest absolute Gasteiger partial charge is 0.0743 e. The number of hydrogen-bond donors (Lipinski definition) is 0. The first kappa shape index (κ1) is 12.4. The van der Waals surface area contributed by atoms with Gasteiger partial charge in [0.05, 0.1) is 12.9 Å². The van der Waals surface area contributed by atoms with E-state index in [2.05, 4.69) is 61.8 Å². The molecule has 0 saturated heterocycles. The normalized spacial score (nSPS) is 12.8. The van der Waals surface area contributed by atoms with Gasteiger partial charge in [0.25, 0.3) is 0 Å². The summed E-state index contributed by atoms with van der Waals surface area (Å²) in [7, 11) is -1.20. The van der Waals surface area contributed by atoms with E-state index in [4.69, 9.17) is 0 Å². The summed E-state index contributed by atoms with van der Waals surface area (Å²) in [4.78, 5) is 1.82. The van der Waals surface area contributed by atoms with Gasteiger partial charge in [-0.05, 0) is 19.1 Å². The van der Waals surface area contributed by atoms with Crippen LogP contribution in [0.15, 0.2) is 35.2 Å². The minimum Gasteiger partial charge on any atom is -0.113 e. The first-order valence-electron chi connectivity index (χ1n) is 5.18. The Labute approximate surface area is 98.5 Å². The van der Waals surface area contributed by atoms with E-state index in [9.17, 15) is 0 Å². The fourth-order valence-electron chi connectivity index (χ4n) is 1.19. The van der Waals surface area contributed by atoms with Crippen LogP contribution in [0.1, 0.15) is 6.92 Å². The molecule has 1 atom stereocenters. The van der Waals surface area contributed by atoms with Gasteiger partial charge in [0.15, 0.2) is 0 Å². The molecule has 1 aromatic carbocycles. The second-order valence-electron chi connectivity index (χ2n) is 4.57. The molecular weight excluding hydrogens is 216 g/mol. The molecule has 0 radical (unpaired) electrons. The molecule has 0 fully saturated rings. The highest BCUT2D eigenvalue weighted by atomic mass is 32.2. The number of hydrogen-bond acceptors (Lipinski definition) is 1. The molecule has 80 valence electrons. The van der Waals surface area contributed by atoms with Crippen LogP contribution in [0.25, 0.3) is 0 Å². The standard InChI is InChI=1S/C13H18SSi/c1-5-9-13(15(2,3)4)14-12-10-7-6-8-11-12/h6-8,10-11,13H,1-4H3. The summed E-state index contributed by atoms with van der Waals surface area (Å²) in [5.41, 5.74) is 0. The van der Waals surface area contributed by atoms with Crippen molar-refractivity contribution in [3.05, 3.63) is 30.3 Å². The van der Waals surface area contributed by atoms with Gasteiger partial charge in [-0.25, -0.2) is 0 Å². The van der Waals surface area contributed by atoms with E-state index >= 15 is 0 Å².